The molecule has 1 fully saturated rings. The molecular weight excluding hydrogens is 354 g/mol. The van der Waals surface area contributed by atoms with Crippen LogP contribution in [0.1, 0.15) is 59.3 Å². The lowest BCUT2D eigenvalue weighted by molar-refractivity contribution is 0.0486. The Balaban J connectivity index is 1.61. The van der Waals surface area contributed by atoms with Crippen LogP contribution in [-0.2, 0) is 23.1 Å². The average Bonchev–Trinajstić information content (AvgIpc) is 3.23. The summed E-state index contributed by atoms with van der Waals surface area (Å²) in [4.78, 5) is 16.3. The molecule has 0 aliphatic heterocycles. The largest absolute Gasteiger partial charge is 0.460 e. The lowest BCUT2D eigenvalue weighted by Gasteiger charge is -2.44. The van der Waals surface area contributed by atoms with Gasteiger partial charge in [-0.3, -0.25) is 9.67 Å². The van der Waals surface area contributed by atoms with Crippen molar-refractivity contribution in [2.45, 2.75) is 51.5 Å². The quantitative estimate of drug-likeness (QED) is 0.642. The van der Waals surface area contributed by atoms with E-state index >= 15 is 0 Å². The van der Waals surface area contributed by atoms with Gasteiger partial charge in [0.05, 0.1) is 18.8 Å². The molecular formula is C22H23N3O3. The number of ether oxygens (including phenoxy) is 1. The van der Waals surface area contributed by atoms with Gasteiger partial charge in [0.2, 0.25) is 5.76 Å². The summed E-state index contributed by atoms with van der Waals surface area (Å²) >= 11 is 0. The van der Waals surface area contributed by atoms with E-state index in [2.05, 4.69) is 16.6 Å². The molecule has 0 radical (unpaired) electrons. The molecule has 0 N–H and O–H groups in total. The molecule has 6 nitrogen and oxygen atoms in total. The fourth-order valence-electron chi connectivity index (χ4n) is 4.67. The van der Waals surface area contributed by atoms with Gasteiger partial charge in [0.25, 0.3) is 0 Å². The number of aromatic nitrogens is 3. The molecule has 28 heavy (non-hydrogen) atoms. The maximum Gasteiger partial charge on any atom is 0.374 e. The number of furan rings is 1. The Morgan fingerprint density at radius 3 is 2.79 bits per heavy atom. The fraction of sp³-hybridized carbons (Fsp3) is 0.409. The predicted octanol–water partition coefficient (Wildman–Crippen LogP) is 4.05. The summed E-state index contributed by atoms with van der Waals surface area (Å²) in [5.41, 5.74) is 5.69. The van der Waals surface area contributed by atoms with Crippen LogP contribution in [0.15, 0.2) is 35.0 Å². The molecule has 0 bridgehead atoms. The minimum absolute atomic E-state index is 0.0900. The van der Waals surface area contributed by atoms with E-state index in [1.165, 1.54) is 23.2 Å². The highest BCUT2D eigenvalue weighted by Gasteiger charge is 2.48. The summed E-state index contributed by atoms with van der Waals surface area (Å²) in [5.74, 6) is 0.730. The van der Waals surface area contributed by atoms with Crippen LogP contribution in [-0.4, -0.2) is 27.3 Å². The molecule has 1 spiro atoms. The standard InChI is InChI=1S/C22H23N3O3/c1-3-27-21(26)17-11-16-18(28-17)12-22(7-4-8-22)19-14(2)25(24-20(16)19)13-15-5-9-23-10-6-15/h5-6,9-11H,3-4,7-8,12-13H2,1-2H3. The third-order valence-electron chi connectivity index (χ3n) is 6.17. The van der Waals surface area contributed by atoms with Gasteiger partial charge in [-0.2, -0.15) is 5.10 Å². The number of carbonyl (C=O) groups is 1. The maximum atomic E-state index is 12.2. The molecule has 3 aromatic rings. The Hall–Kier alpha value is -2.89. The monoisotopic (exact) mass is 377 g/mol. The number of rotatable bonds is 4. The van der Waals surface area contributed by atoms with E-state index in [0.29, 0.717) is 13.2 Å². The first-order chi connectivity index (χ1) is 13.6. The zero-order valence-electron chi connectivity index (χ0n) is 16.2. The highest BCUT2D eigenvalue weighted by molar-refractivity contribution is 5.89. The smallest absolute Gasteiger partial charge is 0.374 e. The fourth-order valence-corrected chi connectivity index (χ4v) is 4.67. The summed E-state index contributed by atoms with van der Waals surface area (Å²) in [5, 5.41) is 4.97. The molecule has 0 saturated heterocycles. The first-order valence-electron chi connectivity index (χ1n) is 9.88. The first-order valence-corrected chi connectivity index (χ1v) is 9.88. The molecule has 0 aromatic carbocycles. The van der Waals surface area contributed by atoms with Gasteiger partial charge in [0.15, 0.2) is 0 Å². The molecule has 3 heterocycles. The zero-order valence-corrected chi connectivity index (χ0v) is 16.2. The van der Waals surface area contributed by atoms with Crippen molar-refractivity contribution < 1.29 is 13.9 Å². The summed E-state index contributed by atoms with van der Waals surface area (Å²) in [6.45, 7) is 4.99. The van der Waals surface area contributed by atoms with Crippen LogP contribution >= 0.6 is 0 Å². The Labute approximate surface area is 163 Å². The van der Waals surface area contributed by atoms with Crippen LogP contribution in [0, 0.1) is 6.92 Å². The van der Waals surface area contributed by atoms with Crippen molar-refractivity contribution in [3.8, 4) is 11.3 Å². The minimum atomic E-state index is -0.408. The Morgan fingerprint density at radius 1 is 1.32 bits per heavy atom. The molecule has 0 atom stereocenters. The number of esters is 1. The molecule has 1 saturated carbocycles. The van der Waals surface area contributed by atoms with Crippen LogP contribution in [0.5, 0.6) is 0 Å². The lowest BCUT2D eigenvalue weighted by Crippen LogP contribution is -2.39. The zero-order chi connectivity index (χ0) is 19.3. The van der Waals surface area contributed by atoms with Crippen molar-refractivity contribution in [3.05, 3.63) is 58.9 Å². The van der Waals surface area contributed by atoms with E-state index in [9.17, 15) is 4.79 Å². The van der Waals surface area contributed by atoms with Crippen LogP contribution in [0.25, 0.3) is 11.3 Å². The van der Waals surface area contributed by atoms with Gasteiger partial charge in [-0.05, 0) is 44.4 Å². The minimum Gasteiger partial charge on any atom is -0.460 e. The van der Waals surface area contributed by atoms with E-state index in [-0.39, 0.29) is 11.2 Å². The molecule has 0 amide bonds. The van der Waals surface area contributed by atoms with Gasteiger partial charge >= 0.3 is 5.97 Å². The van der Waals surface area contributed by atoms with Crippen molar-refractivity contribution in [1.82, 2.24) is 14.8 Å². The Bertz CT molecular complexity index is 1040. The van der Waals surface area contributed by atoms with Crippen molar-refractivity contribution in [2.24, 2.45) is 0 Å². The first kappa shape index (κ1) is 17.2. The number of nitrogens with zero attached hydrogens (tertiary/aromatic N) is 3. The number of carbonyl (C=O) groups excluding carboxylic acids is 1. The summed E-state index contributed by atoms with van der Waals surface area (Å²) < 4.78 is 13.1. The number of pyridine rings is 1. The van der Waals surface area contributed by atoms with Gasteiger partial charge in [-0.25, -0.2) is 4.79 Å². The average molecular weight is 377 g/mol. The van der Waals surface area contributed by atoms with Gasteiger partial charge in [0, 0.05) is 47.1 Å². The van der Waals surface area contributed by atoms with Crippen molar-refractivity contribution in [1.29, 1.82) is 0 Å². The van der Waals surface area contributed by atoms with Crippen molar-refractivity contribution >= 4 is 5.97 Å². The van der Waals surface area contributed by atoms with E-state index in [1.807, 2.05) is 12.1 Å². The second-order valence-electron chi connectivity index (χ2n) is 7.80. The highest BCUT2D eigenvalue weighted by atomic mass is 16.5. The van der Waals surface area contributed by atoms with Crippen LogP contribution in [0.4, 0.5) is 0 Å². The van der Waals surface area contributed by atoms with Crippen LogP contribution in [0.3, 0.4) is 0 Å². The molecule has 6 heteroatoms. The van der Waals surface area contributed by atoms with Gasteiger partial charge < -0.3 is 9.15 Å². The second-order valence-corrected chi connectivity index (χ2v) is 7.80. The molecule has 2 aliphatic carbocycles. The normalized spacial score (nSPS) is 16.4. The molecule has 3 aromatic heterocycles. The van der Waals surface area contributed by atoms with E-state index in [0.717, 1.165) is 36.3 Å². The van der Waals surface area contributed by atoms with Crippen molar-refractivity contribution in [2.75, 3.05) is 6.61 Å². The van der Waals surface area contributed by atoms with E-state index in [1.54, 1.807) is 25.4 Å². The highest BCUT2D eigenvalue weighted by Crippen LogP contribution is 2.55. The third-order valence-corrected chi connectivity index (χ3v) is 6.17. The van der Waals surface area contributed by atoms with Crippen molar-refractivity contribution in [3.63, 3.8) is 0 Å². The van der Waals surface area contributed by atoms with Gasteiger partial charge in [0.1, 0.15) is 5.76 Å². The summed E-state index contributed by atoms with van der Waals surface area (Å²) in [6, 6.07) is 5.84. The number of hydrogen-bond acceptors (Lipinski definition) is 5. The maximum absolute atomic E-state index is 12.2. The van der Waals surface area contributed by atoms with E-state index in [4.69, 9.17) is 14.3 Å². The van der Waals surface area contributed by atoms with E-state index < -0.39 is 5.97 Å². The van der Waals surface area contributed by atoms with Crippen LogP contribution < -0.4 is 0 Å². The molecule has 2 aliphatic rings. The lowest BCUT2D eigenvalue weighted by atomic mass is 9.59. The molecule has 5 rings (SSSR count). The third kappa shape index (κ3) is 2.51. The number of hydrogen-bond donors (Lipinski definition) is 0. The second kappa shape index (κ2) is 6.33. The number of fused-ring (bicyclic) bond motifs is 4. The summed E-state index contributed by atoms with van der Waals surface area (Å²) in [6.07, 6.45) is 7.93. The molecule has 0 unspecified atom stereocenters. The van der Waals surface area contributed by atoms with Gasteiger partial charge in [-0.1, -0.05) is 6.42 Å². The SMILES string of the molecule is CCOC(=O)c1cc2c(o1)CC1(CCC1)c1c-2nn(Cc2ccncc2)c1C. The predicted molar refractivity (Wildman–Crippen MR) is 103 cm³/mol. The molecule has 144 valence electrons. The summed E-state index contributed by atoms with van der Waals surface area (Å²) in [7, 11) is 0. The Morgan fingerprint density at radius 2 is 2.11 bits per heavy atom. The van der Waals surface area contributed by atoms with Gasteiger partial charge in [-0.15, -0.1) is 0 Å². The topological polar surface area (TPSA) is 70.2 Å². The Kier molecular flexibility index (Phi) is 3.89. The van der Waals surface area contributed by atoms with Crippen LogP contribution in [0.2, 0.25) is 0 Å².